The number of hydrogen-bond acceptors (Lipinski definition) is 6. The number of ether oxygens (including phenoxy) is 1. The fourth-order valence-electron chi connectivity index (χ4n) is 4.44. The molecule has 0 aliphatic carbocycles. The van der Waals surface area contributed by atoms with Crippen LogP contribution in [0.3, 0.4) is 0 Å². The third-order valence-corrected chi connectivity index (χ3v) is 6.01. The number of likely N-dealkylation sites (tertiary alicyclic amines) is 2. The summed E-state index contributed by atoms with van der Waals surface area (Å²) in [6, 6.07) is 0. The molecule has 4 rings (SSSR count). The summed E-state index contributed by atoms with van der Waals surface area (Å²) in [4.78, 5) is 20.8. The van der Waals surface area contributed by atoms with Gasteiger partial charge in [0.1, 0.15) is 6.33 Å². The minimum Gasteiger partial charge on any atom is -0.392 e. The minimum atomic E-state index is -0.176. The predicted octanol–water partition coefficient (Wildman–Crippen LogP) is -0.107. The molecule has 8 nitrogen and oxygen atoms in total. The molecule has 1 spiro atoms. The molecule has 0 bridgehead atoms. The summed E-state index contributed by atoms with van der Waals surface area (Å²) in [5, 5.41) is 13.6. The number of aliphatic hydroxyl groups is 1. The van der Waals surface area contributed by atoms with Gasteiger partial charge < -0.3 is 14.7 Å². The maximum Gasteiger partial charge on any atom is 0.291 e. The van der Waals surface area contributed by atoms with Gasteiger partial charge in [-0.1, -0.05) is 0 Å². The lowest BCUT2D eigenvalue weighted by atomic mass is 9.76. The van der Waals surface area contributed by atoms with Crippen LogP contribution in [-0.4, -0.2) is 87.1 Å². The number of rotatable bonds is 3. The number of aliphatic hydroxyl groups excluding tert-OH is 1. The zero-order valence-corrected chi connectivity index (χ0v) is 14.8. The molecule has 8 heteroatoms. The molecule has 0 unspecified atom stereocenters. The van der Waals surface area contributed by atoms with Gasteiger partial charge in [-0.25, -0.2) is 9.67 Å². The number of hydrogen-bond donors (Lipinski definition) is 1. The number of aromatic nitrogens is 3. The molecule has 25 heavy (non-hydrogen) atoms. The van der Waals surface area contributed by atoms with Crippen molar-refractivity contribution in [1.29, 1.82) is 0 Å². The second-order valence-corrected chi connectivity index (χ2v) is 7.84. The second-order valence-electron chi connectivity index (χ2n) is 7.84. The molecule has 1 aromatic heterocycles. The Balaban J connectivity index is 1.30. The first-order chi connectivity index (χ1) is 12.0. The first-order valence-electron chi connectivity index (χ1n) is 9.20. The molecule has 2 atom stereocenters. The molecule has 3 aliphatic rings. The summed E-state index contributed by atoms with van der Waals surface area (Å²) < 4.78 is 7.61. The first kappa shape index (κ1) is 16.9. The maximum absolute atomic E-state index is 12.6. The average molecular weight is 349 g/mol. The van der Waals surface area contributed by atoms with E-state index in [1.54, 1.807) is 7.05 Å². The zero-order chi connectivity index (χ0) is 17.4. The first-order valence-corrected chi connectivity index (χ1v) is 9.20. The minimum absolute atomic E-state index is 0.0311. The lowest BCUT2D eigenvalue weighted by Crippen LogP contribution is -2.44. The average Bonchev–Trinajstić information content (AvgIpc) is 3.30. The van der Waals surface area contributed by atoms with Gasteiger partial charge in [-0.3, -0.25) is 9.69 Å². The summed E-state index contributed by atoms with van der Waals surface area (Å²) in [6.45, 7) is 4.95. The van der Waals surface area contributed by atoms with Gasteiger partial charge in [0, 0.05) is 39.8 Å². The van der Waals surface area contributed by atoms with Crippen LogP contribution in [-0.2, 0) is 11.8 Å². The van der Waals surface area contributed by atoms with Crippen molar-refractivity contribution in [2.45, 2.75) is 37.9 Å². The number of nitrogens with zero attached hydrogens (tertiary/aromatic N) is 5. The van der Waals surface area contributed by atoms with E-state index >= 15 is 0 Å². The SMILES string of the molecule is Cn1ncnc1C(=O)N1CCC2(CC1)CO[C@@H](CN1CC[C@@H](O)C1)C2. The van der Waals surface area contributed by atoms with E-state index in [0.29, 0.717) is 5.82 Å². The lowest BCUT2D eigenvalue weighted by molar-refractivity contribution is 0.0442. The monoisotopic (exact) mass is 349 g/mol. The van der Waals surface area contributed by atoms with E-state index in [9.17, 15) is 9.90 Å². The van der Waals surface area contributed by atoms with Crippen LogP contribution >= 0.6 is 0 Å². The molecule has 3 fully saturated rings. The summed E-state index contributed by atoms with van der Waals surface area (Å²) in [5.41, 5.74) is 0.208. The van der Waals surface area contributed by atoms with Crippen molar-refractivity contribution in [3.05, 3.63) is 12.2 Å². The van der Waals surface area contributed by atoms with Crippen LogP contribution in [0.1, 0.15) is 36.3 Å². The highest BCUT2D eigenvalue weighted by atomic mass is 16.5. The molecule has 1 aromatic rings. The fourth-order valence-corrected chi connectivity index (χ4v) is 4.44. The zero-order valence-electron chi connectivity index (χ0n) is 14.8. The van der Waals surface area contributed by atoms with Crippen molar-refractivity contribution >= 4 is 5.91 Å². The van der Waals surface area contributed by atoms with Crippen molar-refractivity contribution in [3.63, 3.8) is 0 Å². The van der Waals surface area contributed by atoms with Crippen LogP contribution in [0.2, 0.25) is 0 Å². The van der Waals surface area contributed by atoms with E-state index in [0.717, 1.165) is 65.0 Å². The molecule has 3 aliphatic heterocycles. The van der Waals surface area contributed by atoms with Gasteiger partial charge in [0.2, 0.25) is 5.82 Å². The molecule has 3 saturated heterocycles. The molecule has 0 aromatic carbocycles. The van der Waals surface area contributed by atoms with Gasteiger partial charge in [0.15, 0.2) is 0 Å². The number of carbonyl (C=O) groups excluding carboxylic acids is 1. The summed E-state index contributed by atoms with van der Waals surface area (Å²) in [5.74, 6) is 0.375. The smallest absolute Gasteiger partial charge is 0.291 e. The van der Waals surface area contributed by atoms with Gasteiger partial charge in [-0.2, -0.15) is 5.10 Å². The largest absolute Gasteiger partial charge is 0.392 e. The van der Waals surface area contributed by atoms with Crippen LogP contribution in [0.15, 0.2) is 6.33 Å². The molecular weight excluding hydrogens is 322 g/mol. The van der Waals surface area contributed by atoms with E-state index in [1.807, 2.05) is 4.90 Å². The maximum atomic E-state index is 12.6. The highest BCUT2D eigenvalue weighted by Gasteiger charge is 2.44. The number of amides is 1. The Morgan fingerprint density at radius 1 is 1.40 bits per heavy atom. The quantitative estimate of drug-likeness (QED) is 0.820. The van der Waals surface area contributed by atoms with E-state index < -0.39 is 0 Å². The molecular formula is C17H27N5O3. The Morgan fingerprint density at radius 2 is 2.20 bits per heavy atom. The molecule has 0 saturated carbocycles. The van der Waals surface area contributed by atoms with E-state index in [4.69, 9.17) is 4.74 Å². The fraction of sp³-hybridized carbons (Fsp3) is 0.824. The number of carbonyl (C=O) groups is 1. The Bertz CT molecular complexity index is 626. The van der Waals surface area contributed by atoms with Crippen molar-refractivity contribution in [2.75, 3.05) is 39.3 Å². The number of β-amino-alcohol motifs (C(OH)–C–C–N with tert-alkyl or cyclic N) is 1. The number of piperidine rings is 1. The highest BCUT2D eigenvalue weighted by molar-refractivity contribution is 5.90. The standard InChI is InChI=1S/C17H27N5O3/c1-20-15(18-12-19-20)16(24)22-6-3-17(4-7-22)8-14(25-11-17)10-21-5-2-13(23)9-21/h12-14,23H,2-11H2,1H3/t13-,14-/m1/s1. The summed E-state index contributed by atoms with van der Waals surface area (Å²) >= 11 is 0. The highest BCUT2D eigenvalue weighted by Crippen LogP contribution is 2.42. The topological polar surface area (TPSA) is 83.7 Å². The Labute approximate surface area is 147 Å². The van der Waals surface area contributed by atoms with Gasteiger partial charge >= 0.3 is 0 Å². The van der Waals surface area contributed by atoms with Crippen LogP contribution < -0.4 is 0 Å². The second kappa shape index (κ2) is 6.66. The van der Waals surface area contributed by atoms with Crippen LogP contribution in [0.5, 0.6) is 0 Å². The Kier molecular flexibility index (Phi) is 4.51. The van der Waals surface area contributed by atoms with Gasteiger partial charge in [-0.05, 0) is 31.1 Å². The van der Waals surface area contributed by atoms with Crippen molar-refractivity contribution in [2.24, 2.45) is 12.5 Å². The van der Waals surface area contributed by atoms with E-state index in [1.165, 1.54) is 11.0 Å². The summed E-state index contributed by atoms with van der Waals surface area (Å²) in [7, 11) is 1.75. The van der Waals surface area contributed by atoms with Crippen molar-refractivity contribution < 1.29 is 14.6 Å². The van der Waals surface area contributed by atoms with Gasteiger partial charge in [-0.15, -0.1) is 0 Å². The van der Waals surface area contributed by atoms with E-state index in [2.05, 4.69) is 15.0 Å². The van der Waals surface area contributed by atoms with Crippen LogP contribution in [0, 0.1) is 5.41 Å². The Morgan fingerprint density at radius 3 is 2.84 bits per heavy atom. The normalized spacial score (nSPS) is 29.6. The van der Waals surface area contributed by atoms with Crippen LogP contribution in [0.25, 0.3) is 0 Å². The third kappa shape index (κ3) is 3.43. The van der Waals surface area contributed by atoms with Gasteiger partial charge in [0.25, 0.3) is 5.91 Å². The predicted molar refractivity (Wildman–Crippen MR) is 90.0 cm³/mol. The van der Waals surface area contributed by atoms with Crippen molar-refractivity contribution in [3.8, 4) is 0 Å². The summed E-state index contributed by atoms with van der Waals surface area (Å²) in [6.07, 6.45) is 5.40. The molecule has 138 valence electrons. The van der Waals surface area contributed by atoms with Gasteiger partial charge in [0.05, 0.1) is 18.8 Å². The molecule has 0 radical (unpaired) electrons. The molecule has 1 N–H and O–H groups in total. The van der Waals surface area contributed by atoms with E-state index in [-0.39, 0.29) is 23.5 Å². The molecule has 4 heterocycles. The molecule has 1 amide bonds. The Hall–Kier alpha value is -1.51. The van der Waals surface area contributed by atoms with Crippen molar-refractivity contribution in [1.82, 2.24) is 24.6 Å². The number of aryl methyl sites for hydroxylation is 1. The van der Waals surface area contributed by atoms with Crippen LogP contribution in [0.4, 0.5) is 0 Å². The lowest BCUT2D eigenvalue weighted by Gasteiger charge is -2.38. The third-order valence-electron chi connectivity index (χ3n) is 6.01.